The Bertz CT molecular complexity index is 620. The van der Waals surface area contributed by atoms with Crippen molar-refractivity contribution in [1.29, 1.82) is 0 Å². The maximum Gasteiger partial charge on any atom is 0.416 e. The predicted molar refractivity (Wildman–Crippen MR) is 74.9 cm³/mol. The maximum absolute atomic E-state index is 12.7. The van der Waals surface area contributed by atoms with Crippen LogP contribution < -0.4 is 10.6 Å². The third kappa shape index (κ3) is 3.39. The molecular formula is C15H17F3N2O. The number of nitrogens with two attached hydrogens (primary N) is 1. The molecule has 1 aromatic carbocycles. The molecule has 3 nitrogen and oxygen atoms in total. The molecule has 0 aliphatic heterocycles. The average molecular weight is 298 g/mol. The Hall–Kier alpha value is -1.95. The lowest BCUT2D eigenvalue weighted by molar-refractivity contribution is -0.137. The molecule has 0 bridgehead atoms. The number of furan rings is 1. The number of nitrogens with zero attached hydrogens (tertiary/aromatic N) is 1. The monoisotopic (exact) mass is 298 g/mol. The second-order valence-electron chi connectivity index (χ2n) is 4.90. The van der Waals surface area contributed by atoms with Gasteiger partial charge in [0.2, 0.25) is 0 Å². The van der Waals surface area contributed by atoms with E-state index >= 15 is 0 Å². The zero-order chi connectivity index (χ0) is 15.6. The molecule has 0 aliphatic carbocycles. The van der Waals surface area contributed by atoms with Gasteiger partial charge >= 0.3 is 6.18 Å². The summed E-state index contributed by atoms with van der Waals surface area (Å²) in [6.07, 6.45) is -2.77. The number of halogens is 3. The fourth-order valence-electron chi connectivity index (χ4n) is 2.21. The van der Waals surface area contributed by atoms with Gasteiger partial charge in [-0.15, -0.1) is 0 Å². The largest absolute Gasteiger partial charge is 0.469 e. The number of benzene rings is 1. The van der Waals surface area contributed by atoms with Gasteiger partial charge in [0.15, 0.2) is 0 Å². The van der Waals surface area contributed by atoms with E-state index in [1.807, 2.05) is 24.9 Å². The van der Waals surface area contributed by atoms with Crippen LogP contribution in [0.5, 0.6) is 0 Å². The van der Waals surface area contributed by atoms with Crippen molar-refractivity contribution in [2.75, 3.05) is 11.9 Å². The Morgan fingerprint density at radius 1 is 1.19 bits per heavy atom. The van der Waals surface area contributed by atoms with Crippen LogP contribution in [0.2, 0.25) is 0 Å². The van der Waals surface area contributed by atoms with Crippen LogP contribution in [-0.2, 0) is 19.3 Å². The molecule has 1 heterocycles. The van der Waals surface area contributed by atoms with Crippen molar-refractivity contribution < 1.29 is 17.6 Å². The molecule has 0 fully saturated rings. The van der Waals surface area contributed by atoms with E-state index in [1.54, 1.807) is 6.26 Å². The van der Waals surface area contributed by atoms with Crippen LogP contribution >= 0.6 is 0 Å². The molecule has 2 rings (SSSR count). The highest BCUT2D eigenvalue weighted by Crippen LogP contribution is 2.33. The summed E-state index contributed by atoms with van der Waals surface area (Å²) in [4.78, 5) is 1.86. The van der Waals surface area contributed by atoms with E-state index in [1.165, 1.54) is 6.07 Å². The highest BCUT2D eigenvalue weighted by Gasteiger charge is 2.31. The van der Waals surface area contributed by atoms with Crippen LogP contribution in [0.3, 0.4) is 0 Å². The van der Waals surface area contributed by atoms with Crippen molar-refractivity contribution >= 4 is 5.69 Å². The topological polar surface area (TPSA) is 42.4 Å². The molecular weight excluding hydrogens is 281 g/mol. The molecule has 0 atom stereocenters. The van der Waals surface area contributed by atoms with Crippen molar-refractivity contribution in [2.24, 2.45) is 5.73 Å². The quantitative estimate of drug-likeness (QED) is 0.936. The Morgan fingerprint density at radius 2 is 1.90 bits per heavy atom. The van der Waals surface area contributed by atoms with Gasteiger partial charge in [0, 0.05) is 31.4 Å². The summed E-state index contributed by atoms with van der Waals surface area (Å²) in [6.45, 7) is 2.44. The van der Waals surface area contributed by atoms with Crippen molar-refractivity contribution in [1.82, 2.24) is 0 Å². The molecule has 0 unspecified atom stereocenters. The summed E-state index contributed by atoms with van der Waals surface area (Å²) in [7, 11) is 1.81. The van der Waals surface area contributed by atoms with Gasteiger partial charge in [-0.3, -0.25) is 0 Å². The SMILES string of the molecule is Cc1occc1CN(C)c1ccc(C(F)(F)F)cc1CN. The van der Waals surface area contributed by atoms with Crippen LogP contribution in [0.4, 0.5) is 18.9 Å². The number of hydrogen-bond donors (Lipinski definition) is 1. The summed E-state index contributed by atoms with van der Waals surface area (Å²) in [5.41, 5.74) is 7.05. The number of anilines is 1. The Balaban J connectivity index is 2.29. The first-order chi connectivity index (χ1) is 9.82. The van der Waals surface area contributed by atoms with Gasteiger partial charge in [-0.05, 0) is 36.8 Å². The van der Waals surface area contributed by atoms with E-state index in [2.05, 4.69) is 0 Å². The maximum atomic E-state index is 12.7. The van der Waals surface area contributed by atoms with E-state index in [9.17, 15) is 13.2 Å². The van der Waals surface area contributed by atoms with Crippen LogP contribution in [0, 0.1) is 6.92 Å². The molecule has 6 heteroatoms. The Kier molecular flexibility index (Phi) is 4.27. The summed E-state index contributed by atoms with van der Waals surface area (Å²) in [5.74, 6) is 0.795. The molecule has 0 aliphatic rings. The second-order valence-corrected chi connectivity index (χ2v) is 4.90. The van der Waals surface area contributed by atoms with E-state index in [4.69, 9.17) is 10.2 Å². The van der Waals surface area contributed by atoms with Gasteiger partial charge < -0.3 is 15.1 Å². The smallest absolute Gasteiger partial charge is 0.416 e. The molecule has 0 saturated carbocycles. The van der Waals surface area contributed by atoms with Gasteiger partial charge in [-0.25, -0.2) is 0 Å². The lowest BCUT2D eigenvalue weighted by atomic mass is 10.1. The molecule has 0 saturated heterocycles. The van der Waals surface area contributed by atoms with E-state index < -0.39 is 11.7 Å². The molecule has 114 valence electrons. The first-order valence-electron chi connectivity index (χ1n) is 6.47. The fourth-order valence-corrected chi connectivity index (χ4v) is 2.21. The minimum Gasteiger partial charge on any atom is -0.469 e. The van der Waals surface area contributed by atoms with Crippen molar-refractivity contribution in [3.63, 3.8) is 0 Å². The van der Waals surface area contributed by atoms with Crippen molar-refractivity contribution in [3.05, 3.63) is 53.0 Å². The summed E-state index contributed by atoms with van der Waals surface area (Å²) >= 11 is 0. The number of aryl methyl sites for hydroxylation is 1. The van der Waals surface area contributed by atoms with Gasteiger partial charge in [0.25, 0.3) is 0 Å². The van der Waals surface area contributed by atoms with Crippen LogP contribution in [0.25, 0.3) is 0 Å². The summed E-state index contributed by atoms with van der Waals surface area (Å²) in [6, 6.07) is 5.49. The van der Waals surface area contributed by atoms with Crippen LogP contribution in [0.15, 0.2) is 34.9 Å². The normalized spacial score (nSPS) is 11.7. The van der Waals surface area contributed by atoms with E-state index in [0.717, 1.165) is 23.5 Å². The first kappa shape index (κ1) is 15.4. The van der Waals surface area contributed by atoms with Gasteiger partial charge in [-0.2, -0.15) is 13.2 Å². The molecule has 0 amide bonds. The lowest BCUT2D eigenvalue weighted by Gasteiger charge is -2.23. The summed E-state index contributed by atoms with van der Waals surface area (Å²) in [5, 5.41) is 0. The number of alkyl halides is 3. The predicted octanol–water partition coefficient (Wildman–Crippen LogP) is 3.70. The fraction of sp³-hybridized carbons (Fsp3) is 0.333. The average Bonchev–Trinajstić information content (AvgIpc) is 2.82. The highest BCUT2D eigenvalue weighted by atomic mass is 19.4. The Morgan fingerprint density at radius 3 is 2.43 bits per heavy atom. The minimum atomic E-state index is -4.36. The third-order valence-electron chi connectivity index (χ3n) is 3.41. The van der Waals surface area contributed by atoms with Crippen LogP contribution in [0.1, 0.15) is 22.5 Å². The van der Waals surface area contributed by atoms with Gasteiger partial charge in [0.1, 0.15) is 5.76 Å². The molecule has 0 spiro atoms. The van der Waals surface area contributed by atoms with Crippen molar-refractivity contribution in [2.45, 2.75) is 26.2 Å². The van der Waals surface area contributed by atoms with Gasteiger partial charge in [-0.1, -0.05) is 0 Å². The third-order valence-corrected chi connectivity index (χ3v) is 3.41. The van der Waals surface area contributed by atoms with E-state index in [0.29, 0.717) is 17.8 Å². The highest BCUT2D eigenvalue weighted by molar-refractivity contribution is 5.55. The van der Waals surface area contributed by atoms with Crippen LogP contribution in [-0.4, -0.2) is 7.05 Å². The first-order valence-corrected chi connectivity index (χ1v) is 6.47. The molecule has 21 heavy (non-hydrogen) atoms. The standard InChI is InChI=1S/C15H17F3N2O/c1-10-11(5-6-21-10)9-20(2)14-4-3-13(15(16,17)18)7-12(14)8-19/h3-7H,8-9,19H2,1-2H3. The summed E-state index contributed by atoms with van der Waals surface area (Å²) < 4.78 is 43.4. The lowest BCUT2D eigenvalue weighted by Crippen LogP contribution is -2.20. The minimum absolute atomic E-state index is 0.0496. The number of hydrogen-bond acceptors (Lipinski definition) is 3. The second kappa shape index (κ2) is 5.81. The Labute approximate surface area is 121 Å². The van der Waals surface area contributed by atoms with Gasteiger partial charge in [0.05, 0.1) is 11.8 Å². The molecule has 2 N–H and O–H groups in total. The zero-order valence-corrected chi connectivity index (χ0v) is 11.9. The number of rotatable bonds is 4. The zero-order valence-electron chi connectivity index (χ0n) is 11.9. The van der Waals surface area contributed by atoms with Crippen molar-refractivity contribution in [3.8, 4) is 0 Å². The molecule has 0 radical (unpaired) electrons. The molecule has 2 aromatic rings. The molecule has 1 aromatic heterocycles. The van der Waals surface area contributed by atoms with E-state index in [-0.39, 0.29) is 6.54 Å².